The van der Waals surface area contributed by atoms with Crippen molar-refractivity contribution in [2.75, 3.05) is 0 Å². The monoisotopic (exact) mass is 312 g/mol. The molecule has 0 aliphatic carbocycles. The summed E-state index contributed by atoms with van der Waals surface area (Å²) >= 11 is 3.11. The predicted molar refractivity (Wildman–Crippen MR) is 66.0 cm³/mol. The highest BCUT2D eigenvalue weighted by atomic mass is 79.9. The first-order chi connectivity index (χ1) is 8.60. The van der Waals surface area contributed by atoms with Gasteiger partial charge in [-0.05, 0) is 36.4 Å². The van der Waals surface area contributed by atoms with E-state index in [2.05, 4.69) is 15.9 Å². The smallest absolute Gasteiger partial charge is 0.166 e. The molecule has 0 amide bonds. The van der Waals surface area contributed by atoms with E-state index in [1.54, 1.807) is 6.07 Å². The van der Waals surface area contributed by atoms with Crippen molar-refractivity contribution in [3.05, 3.63) is 58.1 Å². The van der Waals surface area contributed by atoms with Gasteiger partial charge in [0, 0.05) is 10.0 Å². The lowest BCUT2D eigenvalue weighted by molar-refractivity contribution is 0.112. The minimum Gasteiger partial charge on any atom is -0.451 e. The van der Waals surface area contributed by atoms with Crippen molar-refractivity contribution in [2.45, 2.75) is 0 Å². The molecule has 0 spiro atoms. The standard InChI is InChI=1S/C13H7BrF2O2/c14-9-2-4-13(11(16)6-9)18-12-3-1-8(7-17)5-10(12)15/h1-7H. The molecular weight excluding hydrogens is 306 g/mol. The highest BCUT2D eigenvalue weighted by Gasteiger charge is 2.09. The highest BCUT2D eigenvalue weighted by molar-refractivity contribution is 9.10. The van der Waals surface area contributed by atoms with Crippen molar-refractivity contribution in [3.63, 3.8) is 0 Å². The molecule has 0 radical (unpaired) electrons. The van der Waals surface area contributed by atoms with Crippen LogP contribution in [0.4, 0.5) is 8.78 Å². The van der Waals surface area contributed by atoms with E-state index in [1.807, 2.05) is 0 Å². The zero-order valence-electron chi connectivity index (χ0n) is 8.99. The Bertz CT molecular complexity index is 600. The molecule has 5 heteroatoms. The Labute approximate surface area is 110 Å². The molecule has 92 valence electrons. The zero-order chi connectivity index (χ0) is 13.1. The fourth-order valence-corrected chi connectivity index (χ4v) is 1.68. The summed E-state index contributed by atoms with van der Waals surface area (Å²) in [4.78, 5) is 10.4. The van der Waals surface area contributed by atoms with Gasteiger partial charge in [-0.2, -0.15) is 0 Å². The summed E-state index contributed by atoms with van der Waals surface area (Å²) in [5, 5.41) is 0. The highest BCUT2D eigenvalue weighted by Crippen LogP contribution is 2.28. The average molecular weight is 313 g/mol. The van der Waals surface area contributed by atoms with E-state index in [0.29, 0.717) is 10.8 Å². The summed E-state index contributed by atoms with van der Waals surface area (Å²) in [6, 6.07) is 7.87. The average Bonchev–Trinajstić information content (AvgIpc) is 2.34. The van der Waals surface area contributed by atoms with Gasteiger partial charge in [0.05, 0.1) is 0 Å². The summed E-state index contributed by atoms with van der Waals surface area (Å²) in [5.41, 5.74) is 0.191. The van der Waals surface area contributed by atoms with Crippen LogP contribution in [0.2, 0.25) is 0 Å². The lowest BCUT2D eigenvalue weighted by Crippen LogP contribution is -1.92. The molecule has 18 heavy (non-hydrogen) atoms. The third-order valence-corrected chi connectivity index (χ3v) is 2.70. The Hall–Kier alpha value is -1.75. The van der Waals surface area contributed by atoms with Gasteiger partial charge in [-0.25, -0.2) is 8.78 Å². The second-order valence-electron chi connectivity index (χ2n) is 3.48. The van der Waals surface area contributed by atoms with Crippen LogP contribution in [0.15, 0.2) is 40.9 Å². The van der Waals surface area contributed by atoms with Crippen LogP contribution in [0.1, 0.15) is 10.4 Å². The second-order valence-corrected chi connectivity index (χ2v) is 4.40. The molecule has 2 aromatic rings. The molecule has 0 heterocycles. The van der Waals surface area contributed by atoms with Crippen molar-refractivity contribution in [1.29, 1.82) is 0 Å². The van der Waals surface area contributed by atoms with Crippen LogP contribution >= 0.6 is 15.9 Å². The topological polar surface area (TPSA) is 26.3 Å². The third kappa shape index (κ3) is 2.73. The largest absolute Gasteiger partial charge is 0.451 e. The Balaban J connectivity index is 2.31. The Morgan fingerprint density at radius 3 is 2.17 bits per heavy atom. The van der Waals surface area contributed by atoms with Crippen molar-refractivity contribution in [3.8, 4) is 11.5 Å². The molecule has 2 aromatic carbocycles. The first-order valence-corrected chi connectivity index (χ1v) is 5.77. The van der Waals surface area contributed by atoms with Crippen molar-refractivity contribution < 1.29 is 18.3 Å². The molecule has 0 aliphatic heterocycles. The molecule has 0 fully saturated rings. The van der Waals surface area contributed by atoms with Gasteiger partial charge < -0.3 is 4.74 Å². The maximum Gasteiger partial charge on any atom is 0.166 e. The lowest BCUT2D eigenvalue weighted by Gasteiger charge is -2.08. The maximum absolute atomic E-state index is 13.5. The van der Waals surface area contributed by atoms with Crippen molar-refractivity contribution in [2.24, 2.45) is 0 Å². The van der Waals surface area contributed by atoms with Gasteiger partial charge in [-0.3, -0.25) is 4.79 Å². The van der Waals surface area contributed by atoms with Gasteiger partial charge in [-0.1, -0.05) is 15.9 Å². The molecular formula is C13H7BrF2O2. The van der Waals surface area contributed by atoms with Crippen LogP contribution in [-0.4, -0.2) is 6.29 Å². The van der Waals surface area contributed by atoms with Crippen molar-refractivity contribution >= 4 is 22.2 Å². The van der Waals surface area contributed by atoms with Crippen LogP contribution in [0.3, 0.4) is 0 Å². The van der Waals surface area contributed by atoms with Crippen LogP contribution in [-0.2, 0) is 0 Å². The fraction of sp³-hybridized carbons (Fsp3) is 0. The number of carbonyl (C=O) groups excluding carboxylic acids is 1. The summed E-state index contributed by atoms with van der Waals surface area (Å²) < 4.78 is 32.7. The Morgan fingerprint density at radius 2 is 1.61 bits per heavy atom. The van der Waals surface area contributed by atoms with Crippen LogP contribution in [0, 0.1) is 11.6 Å². The third-order valence-electron chi connectivity index (χ3n) is 2.21. The van der Waals surface area contributed by atoms with E-state index in [0.717, 1.165) is 6.07 Å². The Morgan fingerprint density at radius 1 is 1.00 bits per heavy atom. The molecule has 0 atom stereocenters. The van der Waals surface area contributed by atoms with Crippen LogP contribution < -0.4 is 4.74 Å². The van der Waals surface area contributed by atoms with Gasteiger partial charge in [0.2, 0.25) is 0 Å². The second kappa shape index (κ2) is 5.27. The van der Waals surface area contributed by atoms with Gasteiger partial charge in [-0.15, -0.1) is 0 Å². The normalized spacial score (nSPS) is 10.2. The van der Waals surface area contributed by atoms with Crippen LogP contribution in [0.5, 0.6) is 11.5 Å². The number of aldehydes is 1. The molecule has 2 rings (SSSR count). The number of benzene rings is 2. The van der Waals surface area contributed by atoms with E-state index >= 15 is 0 Å². The number of hydrogen-bond acceptors (Lipinski definition) is 2. The summed E-state index contributed by atoms with van der Waals surface area (Å²) in [5.74, 6) is -1.55. The SMILES string of the molecule is O=Cc1ccc(Oc2ccc(Br)cc2F)c(F)c1. The first-order valence-electron chi connectivity index (χ1n) is 4.98. The summed E-state index contributed by atoms with van der Waals surface area (Å²) in [7, 11) is 0. The first kappa shape index (κ1) is 12.7. The minimum atomic E-state index is -0.720. The molecule has 0 aromatic heterocycles. The van der Waals surface area contributed by atoms with Crippen molar-refractivity contribution in [1.82, 2.24) is 0 Å². The molecule has 0 aliphatic rings. The zero-order valence-corrected chi connectivity index (χ0v) is 10.6. The maximum atomic E-state index is 13.5. The molecule has 0 saturated carbocycles. The van der Waals surface area contributed by atoms with Gasteiger partial charge in [0.15, 0.2) is 23.1 Å². The number of ether oxygens (including phenoxy) is 1. The van der Waals surface area contributed by atoms with Gasteiger partial charge >= 0.3 is 0 Å². The van der Waals surface area contributed by atoms with Gasteiger partial charge in [0.1, 0.15) is 6.29 Å². The lowest BCUT2D eigenvalue weighted by atomic mass is 10.2. The predicted octanol–water partition coefficient (Wildman–Crippen LogP) is 4.33. The van der Waals surface area contributed by atoms with E-state index in [1.165, 1.54) is 24.3 Å². The van der Waals surface area contributed by atoms with E-state index < -0.39 is 11.6 Å². The number of rotatable bonds is 3. The minimum absolute atomic E-state index is 0.0871. The number of carbonyl (C=O) groups is 1. The van der Waals surface area contributed by atoms with E-state index in [4.69, 9.17) is 4.74 Å². The molecule has 2 nitrogen and oxygen atoms in total. The summed E-state index contributed by atoms with van der Waals surface area (Å²) in [6.45, 7) is 0. The molecule has 0 N–H and O–H groups in total. The molecule has 0 saturated heterocycles. The van der Waals surface area contributed by atoms with E-state index in [9.17, 15) is 13.6 Å². The fourth-order valence-electron chi connectivity index (χ4n) is 1.35. The molecule has 0 unspecified atom stereocenters. The quantitative estimate of drug-likeness (QED) is 0.788. The number of hydrogen-bond donors (Lipinski definition) is 0. The Kier molecular flexibility index (Phi) is 3.72. The molecule has 0 bridgehead atoms. The van der Waals surface area contributed by atoms with Gasteiger partial charge in [0.25, 0.3) is 0 Å². The summed E-state index contributed by atoms with van der Waals surface area (Å²) in [6.07, 6.45) is 0.521. The van der Waals surface area contributed by atoms with E-state index in [-0.39, 0.29) is 17.1 Å². The number of halogens is 3. The van der Waals surface area contributed by atoms with Crippen LogP contribution in [0.25, 0.3) is 0 Å².